The summed E-state index contributed by atoms with van der Waals surface area (Å²) in [4.78, 5) is 32.9. The number of piperazine rings is 1. The molecule has 2 heterocycles. The van der Waals surface area contributed by atoms with E-state index in [9.17, 15) is 9.59 Å². The van der Waals surface area contributed by atoms with Crippen LogP contribution in [0.4, 0.5) is 0 Å². The van der Waals surface area contributed by atoms with Gasteiger partial charge in [0, 0.05) is 55.4 Å². The molecule has 0 atom stereocenters. The predicted molar refractivity (Wildman–Crippen MR) is 118 cm³/mol. The molecule has 30 heavy (non-hydrogen) atoms. The van der Waals surface area contributed by atoms with E-state index < -0.39 is 0 Å². The highest BCUT2D eigenvalue weighted by Gasteiger charge is 2.22. The van der Waals surface area contributed by atoms with Gasteiger partial charge in [0.05, 0.1) is 12.6 Å². The number of nitrogens with zero attached hydrogens (tertiary/aromatic N) is 2. The number of methoxy groups -OCH3 is 1. The van der Waals surface area contributed by atoms with Crippen LogP contribution in [0, 0.1) is 13.8 Å². The molecule has 2 aromatic carbocycles. The van der Waals surface area contributed by atoms with Gasteiger partial charge in [-0.25, -0.2) is 0 Å². The minimum Gasteiger partial charge on any atom is -0.497 e. The summed E-state index contributed by atoms with van der Waals surface area (Å²) >= 11 is 0. The zero-order chi connectivity index (χ0) is 21.3. The van der Waals surface area contributed by atoms with E-state index in [1.54, 1.807) is 25.3 Å². The molecule has 0 bridgehead atoms. The van der Waals surface area contributed by atoms with Crippen LogP contribution in [0.25, 0.3) is 10.9 Å². The fraction of sp³-hybridized carbons (Fsp3) is 0.333. The molecule has 1 saturated heterocycles. The quantitative estimate of drug-likeness (QED) is 0.724. The van der Waals surface area contributed by atoms with E-state index in [1.165, 1.54) is 0 Å². The molecule has 0 aliphatic carbocycles. The number of aromatic amines is 1. The monoisotopic (exact) mass is 405 g/mol. The molecule has 0 spiro atoms. The lowest BCUT2D eigenvalue weighted by Gasteiger charge is -2.34. The van der Waals surface area contributed by atoms with Crippen molar-refractivity contribution in [2.24, 2.45) is 0 Å². The van der Waals surface area contributed by atoms with Gasteiger partial charge in [-0.3, -0.25) is 14.5 Å². The number of hydrogen-bond donors (Lipinski definition) is 1. The first kappa shape index (κ1) is 20.2. The predicted octanol–water partition coefficient (Wildman–Crippen LogP) is 3.11. The third kappa shape index (κ3) is 4.09. The van der Waals surface area contributed by atoms with E-state index in [1.807, 2.05) is 43.0 Å². The van der Waals surface area contributed by atoms with Crippen molar-refractivity contribution in [2.45, 2.75) is 20.4 Å². The summed E-state index contributed by atoms with van der Waals surface area (Å²) in [5, 5.41) is 0.763. The summed E-state index contributed by atoms with van der Waals surface area (Å²) in [7, 11) is 1.61. The number of pyridine rings is 1. The summed E-state index contributed by atoms with van der Waals surface area (Å²) in [5.74, 6) is 0.786. The van der Waals surface area contributed by atoms with Crippen molar-refractivity contribution in [3.8, 4) is 5.75 Å². The molecule has 6 heteroatoms. The SMILES string of the molecule is COc1ccc(C(=O)N2CCN(Cc3cc(=O)c4c(C)cc(C)cc4[nH]3)CC2)cc1. The van der Waals surface area contributed by atoms with Crippen LogP contribution in [0.15, 0.2) is 47.3 Å². The summed E-state index contributed by atoms with van der Waals surface area (Å²) in [6.07, 6.45) is 0. The molecule has 1 aromatic heterocycles. The number of carbonyl (C=O) groups is 1. The van der Waals surface area contributed by atoms with Gasteiger partial charge in [-0.15, -0.1) is 0 Å². The van der Waals surface area contributed by atoms with Crippen molar-refractivity contribution in [3.05, 3.63) is 75.1 Å². The van der Waals surface area contributed by atoms with Crippen molar-refractivity contribution < 1.29 is 9.53 Å². The lowest BCUT2D eigenvalue weighted by Crippen LogP contribution is -2.48. The molecule has 1 amide bonds. The Morgan fingerprint density at radius 3 is 2.40 bits per heavy atom. The van der Waals surface area contributed by atoms with E-state index >= 15 is 0 Å². The molecule has 1 aliphatic heterocycles. The molecular weight excluding hydrogens is 378 g/mol. The highest BCUT2D eigenvalue weighted by atomic mass is 16.5. The maximum atomic E-state index is 12.7. The van der Waals surface area contributed by atoms with E-state index in [0.717, 1.165) is 46.6 Å². The van der Waals surface area contributed by atoms with E-state index in [4.69, 9.17) is 4.74 Å². The minimum atomic E-state index is 0.0439. The maximum absolute atomic E-state index is 12.7. The van der Waals surface area contributed by atoms with Gasteiger partial charge in [-0.1, -0.05) is 6.07 Å². The summed E-state index contributed by atoms with van der Waals surface area (Å²) in [5.41, 5.74) is 4.68. The molecule has 0 radical (unpaired) electrons. The van der Waals surface area contributed by atoms with E-state index in [-0.39, 0.29) is 11.3 Å². The van der Waals surface area contributed by atoms with Gasteiger partial charge >= 0.3 is 0 Å². The number of fused-ring (bicyclic) bond motifs is 1. The molecule has 4 rings (SSSR count). The Labute approximate surface area is 176 Å². The van der Waals surface area contributed by atoms with Gasteiger partial charge in [-0.05, 0) is 55.3 Å². The fourth-order valence-corrected chi connectivity index (χ4v) is 4.18. The third-order valence-corrected chi connectivity index (χ3v) is 5.72. The average Bonchev–Trinajstić information content (AvgIpc) is 2.73. The largest absolute Gasteiger partial charge is 0.497 e. The van der Waals surface area contributed by atoms with Gasteiger partial charge in [0.1, 0.15) is 5.75 Å². The van der Waals surface area contributed by atoms with E-state index in [0.29, 0.717) is 25.2 Å². The number of amides is 1. The normalized spacial score (nSPS) is 14.8. The Hall–Kier alpha value is -3.12. The molecule has 0 unspecified atom stereocenters. The smallest absolute Gasteiger partial charge is 0.253 e. The van der Waals surface area contributed by atoms with Crippen molar-refractivity contribution in [1.82, 2.24) is 14.8 Å². The lowest BCUT2D eigenvalue weighted by atomic mass is 10.1. The fourth-order valence-electron chi connectivity index (χ4n) is 4.18. The summed E-state index contributed by atoms with van der Waals surface area (Å²) in [6.45, 7) is 7.56. The second kappa shape index (κ2) is 8.32. The Morgan fingerprint density at radius 1 is 1.03 bits per heavy atom. The Balaban J connectivity index is 1.42. The molecule has 6 nitrogen and oxygen atoms in total. The number of carbonyl (C=O) groups excluding carboxylic acids is 1. The number of ether oxygens (including phenoxy) is 1. The second-order valence-corrected chi connectivity index (χ2v) is 7.96. The number of benzene rings is 2. The number of rotatable bonds is 4. The molecule has 1 fully saturated rings. The summed E-state index contributed by atoms with van der Waals surface area (Å²) < 4.78 is 5.16. The van der Waals surface area contributed by atoms with Gasteiger partial charge in [-0.2, -0.15) is 0 Å². The van der Waals surface area contributed by atoms with Gasteiger partial charge in [0.25, 0.3) is 5.91 Å². The first-order valence-electron chi connectivity index (χ1n) is 10.2. The average molecular weight is 405 g/mol. The zero-order valence-corrected chi connectivity index (χ0v) is 17.7. The van der Waals surface area contributed by atoms with Crippen LogP contribution in [-0.4, -0.2) is 54.0 Å². The number of aromatic nitrogens is 1. The molecule has 3 aromatic rings. The lowest BCUT2D eigenvalue weighted by molar-refractivity contribution is 0.0627. The topological polar surface area (TPSA) is 65.6 Å². The van der Waals surface area contributed by atoms with Crippen LogP contribution in [0.5, 0.6) is 5.75 Å². The molecule has 1 aliphatic rings. The van der Waals surface area contributed by atoms with Crippen LogP contribution in [-0.2, 0) is 6.54 Å². The Bertz CT molecular complexity index is 1130. The van der Waals surface area contributed by atoms with Crippen LogP contribution in [0.1, 0.15) is 27.2 Å². The molecule has 1 N–H and O–H groups in total. The summed E-state index contributed by atoms with van der Waals surface area (Å²) in [6, 6.07) is 13.0. The third-order valence-electron chi connectivity index (χ3n) is 5.72. The first-order chi connectivity index (χ1) is 14.4. The van der Waals surface area contributed by atoms with Gasteiger partial charge in [0.2, 0.25) is 0 Å². The van der Waals surface area contributed by atoms with Crippen LogP contribution in [0.2, 0.25) is 0 Å². The standard InChI is InChI=1S/C24H27N3O3/c1-16-12-17(2)23-21(13-16)25-19(14-22(23)28)15-26-8-10-27(11-9-26)24(29)18-4-6-20(30-3)7-5-18/h4-7,12-14H,8-11,15H2,1-3H3,(H,25,28). The highest BCUT2D eigenvalue weighted by Crippen LogP contribution is 2.18. The van der Waals surface area contributed by atoms with Crippen molar-refractivity contribution in [1.29, 1.82) is 0 Å². The van der Waals surface area contributed by atoms with Crippen LogP contribution < -0.4 is 10.2 Å². The highest BCUT2D eigenvalue weighted by molar-refractivity contribution is 5.94. The molecule has 0 saturated carbocycles. The Morgan fingerprint density at radius 2 is 1.73 bits per heavy atom. The van der Waals surface area contributed by atoms with Crippen molar-refractivity contribution in [3.63, 3.8) is 0 Å². The number of nitrogens with one attached hydrogen (secondary N) is 1. The number of hydrogen-bond acceptors (Lipinski definition) is 4. The van der Waals surface area contributed by atoms with Crippen LogP contribution >= 0.6 is 0 Å². The second-order valence-electron chi connectivity index (χ2n) is 7.96. The molecular formula is C24H27N3O3. The van der Waals surface area contributed by atoms with Crippen molar-refractivity contribution >= 4 is 16.8 Å². The maximum Gasteiger partial charge on any atom is 0.253 e. The number of aryl methyl sites for hydroxylation is 2. The van der Waals surface area contributed by atoms with Gasteiger partial charge < -0.3 is 14.6 Å². The van der Waals surface area contributed by atoms with Crippen LogP contribution in [0.3, 0.4) is 0 Å². The van der Waals surface area contributed by atoms with E-state index in [2.05, 4.69) is 9.88 Å². The number of H-pyrrole nitrogens is 1. The molecule has 156 valence electrons. The first-order valence-corrected chi connectivity index (χ1v) is 10.2. The Kier molecular flexibility index (Phi) is 5.59. The van der Waals surface area contributed by atoms with Gasteiger partial charge in [0.15, 0.2) is 5.43 Å². The minimum absolute atomic E-state index is 0.0439. The zero-order valence-electron chi connectivity index (χ0n) is 17.7. The van der Waals surface area contributed by atoms with Crippen molar-refractivity contribution in [2.75, 3.05) is 33.3 Å².